The van der Waals surface area contributed by atoms with E-state index in [1.54, 1.807) is 6.20 Å². The van der Waals surface area contributed by atoms with Gasteiger partial charge in [0.2, 0.25) is 5.89 Å². The predicted molar refractivity (Wildman–Crippen MR) is 62.5 cm³/mol. The summed E-state index contributed by atoms with van der Waals surface area (Å²) in [6, 6.07) is 0.194. The second-order valence-electron chi connectivity index (χ2n) is 4.67. The fourth-order valence-electron chi connectivity index (χ4n) is 1.64. The third-order valence-corrected chi connectivity index (χ3v) is 2.76. The van der Waals surface area contributed by atoms with Crippen LogP contribution in [0.1, 0.15) is 32.4 Å². The molecule has 0 aromatic carbocycles. The highest BCUT2D eigenvalue weighted by molar-refractivity contribution is 4.93. The van der Waals surface area contributed by atoms with Crippen LogP contribution in [-0.2, 0) is 22.4 Å². The Hall–Kier alpha value is -0.910. The smallest absolute Gasteiger partial charge is 0.208 e. The average molecular weight is 240 g/mol. The van der Waals surface area contributed by atoms with Crippen LogP contribution in [0.4, 0.5) is 0 Å². The Morgan fingerprint density at radius 1 is 1.41 bits per heavy atom. The highest BCUT2D eigenvalue weighted by Gasteiger charge is 2.28. The lowest BCUT2D eigenvalue weighted by Gasteiger charge is -2.35. The monoisotopic (exact) mass is 240 g/mol. The molecule has 2 rings (SSSR count). The molecular formula is C12H20N2O3. The van der Waals surface area contributed by atoms with Crippen molar-refractivity contribution in [3.63, 3.8) is 0 Å². The van der Waals surface area contributed by atoms with Crippen LogP contribution in [0.15, 0.2) is 10.6 Å². The van der Waals surface area contributed by atoms with Crippen molar-refractivity contribution in [1.82, 2.24) is 10.3 Å². The zero-order valence-corrected chi connectivity index (χ0v) is 10.7. The molecule has 1 aromatic rings. The molecule has 0 saturated carbocycles. The minimum atomic E-state index is -0.462. The van der Waals surface area contributed by atoms with E-state index in [0.29, 0.717) is 25.6 Å². The Morgan fingerprint density at radius 3 is 2.71 bits per heavy atom. The SMILES string of the molecule is CCc1cnc(CNC2COC(C)(C)OC2)o1. The molecular weight excluding hydrogens is 220 g/mol. The van der Waals surface area contributed by atoms with E-state index in [-0.39, 0.29) is 6.04 Å². The fraction of sp³-hybridized carbons (Fsp3) is 0.750. The van der Waals surface area contributed by atoms with E-state index < -0.39 is 5.79 Å². The molecule has 1 aliphatic heterocycles. The van der Waals surface area contributed by atoms with Crippen LogP contribution in [0.2, 0.25) is 0 Å². The second-order valence-corrected chi connectivity index (χ2v) is 4.67. The molecule has 0 unspecified atom stereocenters. The van der Waals surface area contributed by atoms with Crippen LogP contribution in [0.5, 0.6) is 0 Å². The number of hydrogen-bond acceptors (Lipinski definition) is 5. The third-order valence-electron chi connectivity index (χ3n) is 2.76. The summed E-state index contributed by atoms with van der Waals surface area (Å²) in [6.45, 7) is 7.79. The summed E-state index contributed by atoms with van der Waals surface area (Å²) < 4.78 is 16.6. The summed E-state index contributed by atoms with van der Waals surface area (Å²) in [4.78, 5) is 4.19. The van der Waals surface area contributed by atoms with Gasteiger partial charge in [-0.3, -0.25) is 0 Å². The quantitative estimate of drug-likeness (QED) is 0.864. The number of hydrogen-bond donors (Lipinski definition) is 1. The van der Waals surface area contributed by atoms with Gasteiger partial charge in [-0.1, -0.05) is 6.92 Å². The summed E-state index contributed by atoms with van der Waals surface area (Å²) in [5.41, 5.74) is 0. The normalized spacial score (nSPS) is 20.6. The molecule has 1 aromatic heterocycles. The van der Waals surface area contributed by atoms with Gasteiger partial charge < -0.3 is 19.2 Å². The molecule has 0 aliphatic carbocycles. The molecule has 1 aliphatic rings. The number of nitrogens with one attached hydrogen (secondary N) is 1. The highest BCUT2D eigenvalue weighted by atomic mass is 16.7. The van der Waals surface area contributed by atoms with Crippen molar-refractivity contribution in [2.75, 3.05) is 13.2 Å². The van der Waals surface area contributed by atoms with Crippen LogP contribution < -0.4 is 5.32 Å². The van der Waals surface area contributed by atoms with Gasteiger partial charge in [0.05, 0.1) is 32.0 Å². The summed E-state index contributed by atoms with van der Waals surface area (Å²) >= 11 is 0. The summed E-state index contributed by atoms with van der Waals surface area (Å²) in [7, 11) is 0. The predicted octanol–water partition coefficient (Wildman–Crippen LogP) is 1.48. The number of aryl methyl sites for hydroxylation is 1. The zero-order chi connectivity index (χ0) is 12.3. The molecule has 0 spiro atoms. The van der Waals surface area contributed by atoms with Crippen LogP contribution in [0.3, 0.4) is 0 Å². The first-order valence-corrected chi connectivity index (χ1v) is 6.04. The van der Waals surface area contributed by atoms with E-state index in [1.807, 2.05) is 20.8 Å². The van der Waals surface area contributed by atoms with Gasteiger partial charge in [0.15, 0.2) is 5.79 Å². The number of oxazole rings is 1. The van der Waals surface area contributed by atoms with Gasteiger partial charge in [-0.15, -0.1) is 0 Å². The standard InChI is InChI=1S/C12H20N2O3/c1-4-10-5-14-11(17-10)6-13-9-7-15-12(2,3)16-8-9/h5,9,13H,4,6-8H2,1-3H3. The Kier molecular flexibility index (Phi) is 3.81. The van der Waals surface area contributed by atoms with Crippen LogP contribution in [0.25, 0.3) is 0 Å². The average Bonchev–Trinajstić information content (AvgIpc) is 2.75. The first-order chi connectivity index (χ1) is 8.09. The van der Waals surface area contributed by atoms with E-state index in [2.05, 4.69) is 10.3 Å². The first kappa shape index (κ1) is 12.5. The maximum atomic E-state index is 5.56. The lowest BCUT2D eigenvalue weighted by atomic mass is 10.2. The van der Waals surface area contributed by atoms with Crippen LogP contribution in [0, 0.1) is 0 Å². The van der Waals surface area contributed by atoms with Gasteiger partial charge in [-0.25, -0.2) is 4.98 Å². The van der Waals surface area contributed by atoms with Gasteiger partial charge in [0, 0.05) is 6.42 Å². The van der Waals surface area contributed by atoms with Crippen LogP contribution >= 0.6 is 0 Å². The molecule has 1 fully saturated rings. The van der Waals surface area contributed by atoms with E-state index >= 15 is 0 Å². The summed E-state index contributed by atoms with van der Waals surface area (Å²) in [6.07, 6.45) is 2.64. The van der Waals surface area contributed by atoms with Gasteiger partial charge >= 0.3 is 0 Å². The van der Waals surface area contributed by atoms with Gasteiger partial charge in [-0.2, -0.15) is 0 Å². The topological polar surface area (TPSA) is 56.5 Å². The minimum absolute atomic E-state index is 0.194. The van der Waals surface area contributed by atoms with Crippen molar-refractivity contribution >= 4 is 0 Å². The van der Waals surface area contributed by atoms with Crippen molar-refractivity contribution < 1.29 is 13.9 Å². The molecule has 0 atom stereocenters. The Morgan fingerprint density at radius 2 is 2.12 bits per heavy atom. The Bertz CT molecular complexity index is 352. The van der Waals surface area contributed by atoms with Crippen molar-refractivity contribution in [3.05, 3.63) is 17.8 Å². The third kappa shape index (κ3) is 3.52. The number of ether oxygens (including phenoxy) is 2. The lowest BCUT2D eigenvalue weighted by Crippen LogP contribution is -2.48. The number of rotatable bonds is 4. The maximum absolute atomic E-state index is 5.56. The molecule has 0 radical (unpaired) electrons. The molecule has 1 N–H and O–H groups in total. The molecule has 5 nitrogen and oxygen atoms in total. The largest absolute Gasteiger partial charge is 0.444 e. The fourth-order valence-corrected chi connectivity index (χ4v) is 1.64. The maximum Gasteiger partial charge on any atom is 0.208 e. The van der Waals surface area contributed by atoms with Gasteiger partial charge in [0.1, 0.15) is 5.76 Å². The number of nitrogens with zero attached hydrogens (tertiary/aromatic N) is 1. The van der Waals surface area contributed by atoms with Crippen molar-refractivity contribution in [1.29, 1.82) is 0 Å². The van der Waals surface area contributed by atoms with E-state index in [0.717, 1.165) is 12.2 Å². The number of aromatic nitrogens is 1. The van der Waals surface area contributed by atoms with Gasteiger partial charge in [-0.05, 0) is 13.8 Å². The molecule has 2 heterocycles. The molecule has 0 bridgehead atoms. The Balaban J connectivity index is 1.75. The first-order valence-electron chi connectivity index (χ1n) is 6.04. The van der Waals surface area contributed by atoms with Crippen molar-refractivity contribution in [2.24, 2.45) is 0 Å². The summed E-state index contributed by atoms with van der Waals surface area (Å²) in [5, 5.41) is 3.31. The van der Waals surface area contributed by atoms with Crippen LogP contribution in [-0.4, -0.2) is 30.0 Å². The van der Waals surface area contributed by atoms with E-state index in [4.69, 9.17) is 13.9 Å². The zero-order valence-electron chi connectivity index (χ0n) is 10.7. The molecule has 0 amide bonds. The molecule has 5 heteroatoms. The van der Waals surface area contributed by atoms with Crippen molar-refractivity contribution in [3.8, 4) is 0 Å². The lowest BCUT2D eigenvalue weighted by molar-refractivity contribution is -0.253. The molecule has 17 heavy (non-hydrogen) atoms. The second kappa shape index (κ2) is 5.16. The molecule has 96 valence electrons. The minimum Gasteiger partial charge on any atom is -0.444 e. The van der Waals surface area contributed by atoms with E-state index in [1.165, 1.54) is 0 Å². The van der Waals surface area contributed by atoms with Gasteiger partial charge in [0.25, 0.3) is 0 Å². The summed E-state index contributed by atoms with van der Waals surface area (Å²) in [5.74, 6) is 1.17. The molecule has 1 saturated heterocycles. The van der Waals surface area contributed by atoms with Crippen molar-refractivity contribution in [2.45, 2.75) is 45.6 Å². The highest BCUT2D eigenvalue weighted by Crippen LogP contribution is 2.17. The van der Waals surface area contributed by atoms with E-state index in [9.17, 15) is 0 Å². The Labute approximate surface area is 102 Å².